The van der Waals surface area contributed by atoms with E-state index in [0.717, 1.165) is 11.1 Å². The van der Waals surface area contributed by atoms with Crippen LogP contribution < -0.4 is 11.1 Å². The standard InChI is InChI=1S/C12H14N2O/c1-9-6-10(4-3-5-13)8-11(7-9)12(15)14-2/h6-8H,5,13H2,1-2H3,(H,14,15). The van der Waals surface area contributed by atoms with Crippen molar-refractivity contribution in [3.05, 3.63) is 34.9 Å². The van der Waals surface area contributed by atoms with E-state index < -0.39 is 0 Å². The summed E-state index contributed by atoms with van der Waals surface area (Å²) in [4.78, 5) is 11.4. The van der Waals surface area contributed by atoms with Crippen LogP contribution in [-0.2, 0) is 0 Å². The van der Waals surface area contributed by atoms with E-state index >= 15 is 0 Å². The van der Waals surface area contributed by atoms with Crippen molar-refractivity contribution in [2.75, 3.05) is 13.6 Å². The molecule has 0 unspecified atom stereocenters. The minimum atomic E-state index is -0.102. The molecule has 0 aliphatic heterocycles. The summed E-state index contributed by atoms with van der Waals surface area (Å²) in [6.45, 7) is 2.25. The van der Waals surface area contributed by atoms with Crippen LogP contribution in [0.4, 0.5) is 0 Å². The Hall–Kier alpha value is -1.79. The molecule has 0 bridgehead atoms. The summed E-state index contributed by atoms with van der Waals surface area (Å²) in [5.41, 5.74) is 7.74. The molecule has 0 aliphatic rings. The number of rotatable bonds is 1. The Labute approximate surface area is 89.7 Å². The molecule has 78 valence electrons. The van der Waals surface area contributed by atoms with Gasteiger partial charge in [0.15, 0.2) is 0 Å². The first-order valence-corrected chi connectivity index (χ1v) is 4.70. The molecule has 15 heavy (non-hydrogen) atoms. The van der Waals surface area contributed by atoms with Gasteiger partial charge in [-0.15, -0.1) is 0 Å². The smallest absolute Gasteiger partial charge is 0.251 e. The lowest BCUT2D eigenvalue weighted by atomic mass is 10.1. The minimum Gasteiger partial charge on any atom is -0.355 e. The van der Waals surface area contributed by atoms with Crippen LogP contribution in [0.25, 0.3) is 0 Å². The van der Waals surface area contributed by atoms with E-state index in [9.17, 15) is 4.79 Å². The summed E-state index contributed by atoms with van der Waals surface area (Å²) in [6.07, 6.45) is 0. The summed E-state index contributed by atoms with van der Waals surface area (Å²) in [7, 11) is 1.61. The molecule has 1 rings (SSSR count). The second-order valence-corrected chi connectivity index (χ2v) is 3.17. The van der Waals surface area contributed by atoms with Gasteiger partial charge in [0.1, 0.15) is 0 Å². The first kappa shape index (κ1) is 11.3. The van der Waals surface area contributed by atoms with Crippen molar-refractivity contribution in [3.63, 3.8) is 0 Å². The molecule has 0 aromatic heterocycles. The van der Waals surface area contributed by atoms with Crippen molar-refractivity contribution in [3.8, 4) is 11.8 Å². The lowest BCUT2D eigenvalue weighted by molar-refractivity contribution is 0.0963. The largest absolute Gasteiger partial charge is 0.355 e. The molecule has 3 nitrogen and oxygen atoms in total. The maximum absolute atomic E-state index is 11.4. The normalized spacial score (nSPS) is 9.00. The van der Waals surface area contributed by atoms with E-state index in [1.165, 1.54) is 0 Å². The van der Waals surface area contributed by atoms with E-state index in [1.54, 1.807) is 13.1 Å². The van der Waals surface area contributed by atoms with Gasteiger partial charge in [0, 0.05) is 18.2 Å². The zero-order chi connectivity index (χ0) is 11.3. The first-order chi connectivity index (χ1) is 7.17. The fourth-order valence-corrected chi connectivity index (χ4v) is 1.28. The van der Waals surface area contributed by atoms with Gasteiger partial charge in [0.25, 0.3) is 5.91 Å². The monoisotopic (exact) mass is 202 g/mol. The molecule has 0 saturated carbocycles. The number of nitrogens with two attached hydrogens (primary N) is 1. The molecule has 3 N–H and O–H groups in total. The Bertz CT molecular complexity index is 427. The van der Waals surface area contributed by atoms with Gasteiger partial charge in [-0.2, -0.15) is 0 Å². The van der Waals surface area contributed by atoms with Crippen LogP contribution in [0, 0.1) is 18.8 Å². The minimum absolute atomic E-state index is 0.102. The summed E-state index contributed by atoms with van der Waals surface area (Å²) >= 11 is 0. The summed E-state index contributed by atoms with van der Waals surface area (Å²) in [5.74, 6) is 5.57. The zero-order valence-corrected chi connectivity index (χ0v) is 8.92. The summed E-state index contributed by atoms with van der Waals surface area (Å²) < 4.78 is 0. The van der Waals surface area contributed by atoms with Gasteiger partial charge in [-0.1, -0.05) is 11.8 Å². The van der Waals surface area contributed by atoms with Crippen molar-refractivity contribution >= 4 is 5.91 Å². The third-order valence-corrected chi connectivity index (χ3v) is 1.90. The Balaban J connectivity index is 3.10. The fourth-order valence-electron chi connectivity index (χ4n) is 1.28. The number of aryl methyl sites for hydroxylation is 1. The van der Waals surface area contributed by atoms with Crippen LogP contribution in [0.5, 0.6) is 0 Å². The van der Waals surface area contributed by atoms with Crippen molar-refractivity contribution in [1.82, 2.24) is 5.32 Å². The van der Waals surface area contributed by atoms with Crippen molar-refractivity contribution < 1.29 is 4.79 Å². The first-order valence-electron chi connectivity index (χ1n) is 4.70. The van der Waals surface area contributed by atoms with Gasteiger partial charge >= 0.3 is 0 Å². The van der Waals surface area contributed by atoms with Crippen LogP contribution in [0.15, 0.2) is 18.2 Å². The summed E-state index contributed by atoms with van der Waals surface area (Å²) in [6, 6.07) is 5.51. The van der Waals surface area contributed by atoms with Gasteiger partial charge in [0.2, 0.25) is 0 Å². The number of hydrogen-bond donors (Lipinski definition) is 2. The quantitative estimate of drug-likeness (QED) is 0.657. The maximum Gasteiger partial charge on any atom is 0.251 e. The van der Waals surface area contributed by atoms with Crippen LogP contribution in [-0.4, -0.2) is 19.5 Å². The molecule has 0 radical (unpaired) electrons. The van der Waals surface area contributed by atoms with E-state index in [2.05, 4.69) is 17.2 Å². The molecule has 1 amide bonds. The number of nitrogens with one attached hydrogen (secondary N) is 1. The maximum atomic E-state index is 11.4. The van der Waals surface area contributed by atoms with Gasteiger partial charge in [0.05, 0.1) is 6.54 Å². The van der Waals surface area contributed by atoms with Gasteiger partial charge in [-0.3, -0.25) is 4.79 Å². The molecular weight excluding hydrogens is 188 g/mol. The molecule has 1 aromatic rings. The summed E-state index contributed by atoms with van der Waals surface area (Å²) in [5, 5.41) is 2.58. The predicted octanol–water partition coefficient (Wildman–Crippen LogP) is 0.665. The number of hydrogen-bond acceptors (Lipinski definition) is 2. The van der Waals surface area contributed by atoms with Crippen molar-refractivity contribution in [1.29, 1.82) is 0 Å². The van der Waals surface area contributed by atoms with Crippen molar-refractivity contribution in [2.24, 2.45) is 5.73 Å². The number of carbonyl (C=O) groups excluding carboxylic acids is 1. The lowest BCUT2D eigenvalue weighted by Crippen LogP contribution is -2.17. The third-order valence-electron chi connectivity index (χ3n) is 1.90. The highest BCUT2D eigenvalue weighted by molar-refractivity contribution is 5.94. The molecule has 0 saturated heterocycles. The molecule has 0 fully saturated rings. The Morgan fingerprint density at radius 2 is 2.20 bits per heavy atom. The molecular formula is C12H14N2O. The second-order valence-electron chi connectivity index (χ2n) is 3.17. The van der Waals surface area contributed by atoms with Gasteiger partial charge in [-0.05, 0) is 30.7 Å². The average Bonchev–Trinajstić information content (AvgIpc) is 2.24. The molecule has 1 aromatic carbocycles. The predicted molar refractivity (Wildman–Crippen MR) is 60.5 cm³/mol. The molecule has 0 atom stereocenters. The van der Waals surface area contributed by atoms with E-state index in [1.807, 2.05) is 19.1 Å². The van der Waals surface area contributed by atoms with Crippen LogP contribution in [0.3, 0.4) is 0 Å². The number of benzene rings is 1. The van der Waals surface area contributed by atoms with E-state index in [4.69, 9.17) is 5.73 Å². The zero-order valence-electron chi connectivity index (χ0n) is 8.92. The van der Waals surface area contributed by atoms with Crippen LogP contribution in [0.2, 0.25) is 0 Å². The Morgan fingerprint density at radius 1 is 1.47 bits per heavy atom. The molecule has 0 heterocycles. The van der Waals surface area contributed by atoms with Crippen LogP contribution >= 0.6 is 0 Å². The van der Waals surface area contributed by atoms with Crippen molar-refractivity contribution in [2.45, 2.75) is 6.92 Å². The number of carbonyl (C=O) groups is 1. The highest BCUT2D eigenvalue weighted by Gasteiger charge is 2.04. The topological polar surface area (TPSA) is 55.1 Å². The lowest BCUT2D eigenvalue weighted by Gasteiger charge is -2.02. The Kier molecular flexibility index (Phi) is 3.90. The highest BCUT2D eigenvalue weighted by atomic mass is 16.1. The molecule has 0 spiro atoms. The fraction of sp³-hybridized carbons (Fsp3) is 0.250. The van der Waals surface area contributed by atoms with Crippen LogP contribution in [0.1, 0.15) is 21.5 Å². The second kappa shape index (κ2) is 5.18. The van der Waals surface area contributed by atoms with E-state index in [0.29, 0.717) is 12.1 Å². The molecule has 0 aliphatic carbocycles. The molecule has 3 heteroatoms. The van der Waals surface area contributed by atoms with E-state index in [-0.39, 0.29) is 5.91 Å². The number of amides is 1. The Morgan fingerprint density at radius 3 is 2.80 bits per heavy atom. The third kappa shape index (κ3) is 3.12. The SMILES string of the molecule is CNC(=O)c1cc(C)cc(C#CCN)c1. The highest BCUT2D eigenvalue weighted by Crippen LogP contribution is 2.08. The average molecular weight is 202 g/mol. The van der Waals surface area contributed by atoms with Gasteiger partial charge < -0.3 is 11.1 Å². The van der Waals surface area contributed by atoms with Gasteiger partial charge in [-0.25, -0.2) is 0 Å².